The van der Waals surface area contributed by atoms with Crippen LogP contribution in [0.25, 0.3) is 4.96 Å². The van der Waals surface area contributed by atoms with Gasteiger partial charge in [0.05, 0.1) is 18.8 Å². The van der Waals surface area contributed by atoms with E-state index in [1.165, 1.54) is 0 Å². The number of benzene rings is 1. The van der Waals surface area contributed by atoms with Crippen molar-refractivity contribution in [2.24, 2.45) is 4.99 Å². The number of thiazole rings is 1. The smallest absolute Gasteiger partial charge is 0.193 e. The summed E-state index contributed by atoms with van der Waals surface area (Å²) in [4.78, 5) is 10.3. The average Bonchev–Trinajstić information content (AvgIpc) is 3.18. The highest BCUT2D eigenvalue weighted by Crippen LogP contribution is 2.23. The van der Waals surface area contributed by atoms with E-state index < -0.39 is 0 Å². The Morgan fingerprint density at radius 3 is 2.81 bits per heavy atom. The molecule has 2 heterocycles. The molecule has 0 atom stereocenters. The normalized spacial score (nSPS) is 12.4. The molecule has 7 heteroatoms. The molecule has 0 amide bonds. The molecular formula is C20H27N5OS. The Kier molecular flexibility index (Phi) is 6.01. The number of guanidine groups is 1. The van der Waals surface area contributed by atoms with Crippen LogP contribution in [0.4, 0.5) is 0 Å². The van der Waals surface area contributed by atoms with E-state index >= 15 is 0 Å². The van der Waals surface area contributed by atoms with Crippen molar-refractivity contribution in [3.05, 3.63) is 53.3 Å². The number of hydrogen-bond acceptors (Lipinski definition) is 4. The molecule has 0 unspecified atom stereocenters. The first-order valence-electron chi connectivity index (χ1n) is 9.15. The van der Waals surface area contributed by atoms with Crippen LogP contribution in [-0.4, -0.2) is 27.5 Å². The molecular weight excluding hydrogens is 358 g/mol. The highest BCUT2D eigenvalue weighted by Gasteiger charge is 2.14. The number of nitrogens with one attached hydrogen (secondary N) is 2. The third-order valence-electron chi connectivity index (χ3n) is 3.72. The zero-order valence-corrected chi connectivity index (χ0v) is 17.1. The van der Waals surface area contributed by atoms with Crippen LogP contribution >= 0.6 is 11.3 Å². The standard InChI is InChI=1S/C20H27N5OS/c1-5-21-18(23-13-16-14-25-10-11-27-19(25)24-16)22-12-15-8-6-7-9-17(15)26-20(2,3)4/h6-11,14H,5,12-13H2,1-4H3,(H2,21,22,23). The van der Waals surface area contributed by atoms with Crippen LogP contribution in [0, 0.1) is 0 Å². The lowest BCUT2D eigenvalue weighted by Gasteiger charge is -2.23. The maximum atomic E-state index is 6.06. The molecule has 0 fully saturated rings. The number of imidazole rings is 1. The number of aromatic nitrogens is 2. The molecule has 0 saturated heterocycles. The molecule has 1 aromatic carbocycles. The number of aliphatic imine (C=N–C) groups is 1. The van der Waals surface area contributed by atoms with E-state index in [1.54, 1.807) is 11.3 Å². The van der Waals surface area contributed by atoms with Gasteiger partial charge in [-0.15, -0.1) is 11.3 Å². The van der Waals surface area contributed by atoms with Crippen LogP contribution < -0.4 is 15.4 Å². The van der Waals surface area contributed by atoms with Gasteiger partial charge in [0.25, 0.3) is 0 Å². The van der Waals surface area contributed by atoms with Gasteiger partial charge in [-0.2, -0.15) is 0 Å². The number of nitrogens with zero attached hydrogens (tertiary/aromatic N) is 3. The fourth-order valence-corrected chi connectivity index (χ4v) is 3.32. The molecule has 0 aliphatic rings. The van der Waals surface area contributed by atoms with Gasteiger partial charge >= 0.3 is 0 Å². The Bertz CT molecular complexity index is 878. The molecule has 144 valence electrons. The molecule has 3 aromatic rings. The van der Waals surface area contributed by atoms with Crippen molar-refractivity contribution in [2.75, 3.05) is 6.54 Å². The summed E-state index contributed by atoms with van der Waals surface area (Å²) < 4.78 is 8.09. The van der Waals surface area contributed by atoms with E-state index in [2.05, 4.69) is 28.6 Å². The molecule has 0 aliphatic carbocycles. The van der Waals surface area contributed by atoms with E-state index in [1.807, 2.05) is 61.1 Å². The van der Waals surface area contributed by atoms with Gasteiger partial charge in [0.2, 0.25) is 0 Å². The molecule has 3 rings (SSSR count). The van der Waals surface area contributed by atoms with Gasteiger partial charge in [-0.3, -0.25) is 4.40 Å². The number of para-hydroxylation sites is 1. The lowest BCUT2D eigenvalue weighted by atomic mass is 10.1. The maximum absolute atomic E-state index is 6.06. The SMILES string of the molecule is CCNC(=NCc1ccccc1OC(C)(C)C)NCc1cn2ccsc2n1. The van der Waals surface area contributed by atoms with Crippen molar-refractivity contribution in [1.82, 2.24) is 20.0 Å². The molecule has 27 heavy (non-hydrogen) atoms. The summed E-state index contributed by atoms with van der Waals surface area (Å²) in [5.41, 5.74) is 1.81. The number of rotatable bonds is 6. The van der Waals surface area contributed by atoms with Gasteiger partial charge in [0, 0.05) is 29.9 Å². The molecule has 0 saturated carbocycles. The molecule has 0 spiro atoms. The Labute approximate surface area is 164 Å². The van der Waals surface area contributed by atoms with Crippen LogP contribution in [0.5, 0.6) is 5.75 Å². The highest BCUT2D eigenvalue weighted by atomic mass is 32.1. The summed E-state index contributed by atoms with van der Waals surface area (Å²) in [6.45, 7) is 10.2. The van der Waals surface area contributed by atoms with Gasteiger partial charge in [-0.25, -0.2) is 9.98 Å². The van der Waals surface area contributed by atoms with Crippen molar-refractivity contribution in [1.29, 1.82) is 0 Å². The molecule has 0 aliphatic heterocycles. The zero-order valence-electron chi connectivity index (χ0n) is 16.3. The van der Waals surface area contributed by atoms with Gasteiger partial charge in [-0.1, -0.05) is 18.2 Å². The third kappa shape index (κ3) is 5.47. The van der Waals surface area contributed by atoms with Gasteiger partial charge in [-0.05, 0) is 33.8 Å². The summed E-state index contributed by atoms with van der Waals surface area (Å²) in [5, 5.41) is 8.67. The molecule has 0 bridgehead atoms. The van der Waals surface area contributed by atoms with Crippen molar-refractivity contribution in [3.63, 3.8) is 0 Å². The Morgan fingerprint density at radius 2 is 2.07 bits per heavy atom. The van der Waals surface area contributed by atoms with Crippen molar-refractivity contribution in [3.8, 4) is 5.75 Å². The van der Waals surface area contributed by atoms with Crippen LogP contribution in [-0.2, 0) is 13.1 Å². The second-order valence-corrected chi connectivity index (χ2v) is 8.07. The minimum atomic E-state index is -0.240. The van der Waals surface area contributed by atoms with Gasteiger partial charge in [0.15, 0.2) is 10.9 Å². The Morgan fingerprint density at radius 1 is 1.26 bits per heavy atom. The van der Waals surface area contributed by atoms with Crippen molar-refractivity contribution >= 4 is 22.3 Å². The predicted molar refractivity (Wildman–Crippen MR) is 112 cm³/mol. The first-order valence-corrected chi connectivity index (χ1v) is 10.0. The highest BCUT2D eigenvalue weighted by molar-refractivity contribution is 7.15. The van der Waals surface area contributed by atoms with Crippen LogP contribution in [0.1, 0.15) is 39.0 Å². The van der Waals surface area contributed by atoms with Gasteiger partial charge < -0.3 is 15.4 Å². The first kappa shape index (κ1) is 19.2. The molecule has 2 N–H and O–H groups in total. The minimum Gasteiger partial charge on any atom is -0.488 e. The summed E-state index contributed by atoms with van der Waals surface area (Å²) in [7, 11) is 0. The van der Waals surface area contributed by atoms with Gasteiger partial charge in [0.1, 0.15) is 11.4 Å². The topological polar surface area (TPSA) is 63.0 Å². The monoisotopic (exact) mass is 385 g/mol. The molecule has 2 aromatic heterocycles. The lowest BCUT2D eigenvalue weighted by molar-refractivity contribution is 0.129. The van der Waals surface area contributed by atoms with Crippen molar-refractivity contribution < 1.29 is 4.74 Å². The quantitative estimate of drug-likeness (QED) is 0.500. The lowest BCUT2D eigenvalue weighted by Crippen LogP contribution is -2.36. The minimum absolute atomic E-state index is 0.240. The maximum Gasteiger partial charge on any atom is 0.193 e. The zero-order chi connectivity index (χ0) is 19.3. The van der Waals surface area contributed by atoms with Crippen LogP contribution in [0.3, 0.4) is 0 Å². The fraction of sp³-hybridized carbons (Fsp3) is 0.400. The molecule has 0 radical (unpaired) electrons. The third-order valence-corrected chi connectivity index (χ3v) is 4.49. The largest absolute Gasteiger partial charge is 0.488 e. The Balaban J connectivity index is 1.67. The predicted octanol–water partition coefficient (Wildman–Crippen LogP) is 3.83. The first-order chi connectivity index (χ1) is 12.9. The Hall–Kier alpha value is -2.54. The van der Waals surface area contributed by atoms with Crippen molar-refractivity contribution in [2.45, 2.75) is 46.4 Å². The summed E-state index contributed by atoms with van der Waals surface area (Å²) in [6.07, 6.45) is 4.05. The number of ether oxygens (including phenoxy) is 1. The summed E-state index contributed by atoms with van der Waals surface area (Å²) >= 11 is 1.63. The van der Waals surface area contributed by atoms with E-state index in [-0.39, 0.29) is 5.60 Å². The number of fused-ring (bicyclic) bond motifs is 1. The van der Waals surface area contributed by atoms with E-state index in [0.717, 1.165) is 34.5 Å². The summed E-state index contributed by atoms with van der Waals surface area (Å²) in [5.74, 6) is 1.64. The second kappa shape index (κ2) is 8.43. The second-order valence-electron chi connectivity index (χ2n) is 7.20. The van der Waals surface area contributed by atoms with E-state index in [9.17, 15) is 0 Å². The molecule has 6 nitrogen and oxygen atoms in total. The van der Waals surface area contributed by atoms with Crippen LogP contribution in [0.15, 0.2) is 47.0 Å². The van der Waals surface area contributed by atoms with Crippen LogP contribution in [0.2, 0.25) is 0 Å². The van der Waals surface area contributed by atoms with E-state index in [4.69, 9.17) is 9.73 Å². The number of hydrogen-bond donors (Lipinski definition) is 2. The average molecular weight is 386 g/mol. The van der Waals surface area contributed by atoms with E-state index in [0.29, 0.717) is 13.1 Å². The fourth-order valence-electron chi connectivity index (χ4n) is 2.61. The summed E-state index contributed by atoms with van der Waals surface area (Å²) in [6, 6.07) is 8.05.